The summed E-state index contributed by atoms with van der Waals surface area (Å²) in [5.74, 6) is 0.152. The Hall–Kier alpha value is -1.16. The number of hydrogen-bond acceptors (Lipinski definition) is 3. The molecule has 2 N–H and O–H groups in total. The van der Waals surface area contributed by atoms with Gasteiger partial charge >= 0.3 is 6.85 Å². The van der Waals surface area contributed by atoms with Crippen molar-refractivity contribution < 1.29 is 0 Å². The molecule has 0 amide bonds. The van der Waals surface area contributed by atoms with Crippen molar-refractivity contribution in [1.29, 1.82) is 0 Å². The molecule has 3 nitrogen and oxygen atoms in total. The molecule has 2 rings (SSSR count). The topological polar surface area (TPSA) is 55.4 Å². The zero-order valence-electron chi connectivity index (χ0n) is 6.60. The molecule has 1 atom stereocenters. The lowest BCUT2D eigenvalue weighted by molar-refractivity contribution is 0.882. The second-order valence-electron chi connectivity index (χ2n) is 3.02. The standard InChI is InChI=1S/C8H9BN2O/c10-5-8-6-3-1-2-4-7(6)9(8)11-12/h1-4,8H,5,10H2. The summed E-state index contributed by atoms with van der Waals surface area (Å²) >= 11 is 0. The molecule has 0 bridgehead atoms. The molecule has 1 aromatic carbocycles. The van der Waals surface area contributed by atoms with Gasteiger partial charge in [-0.15, -0.1) is 5.09 Å². The summed E-state index contributed by atoms with van der Waals surface area (Å²) in [6, 6.07) is 7.83. The highest BCUT2D eigenvalue weighted by atomic mass is 16.2. The first-order valence-electron chi connectivity index (χ1n) is 4.00. The Morgan fingerprint density at radius 2 is 2.25 bits per heavy atom. The third-order valence-electron chi connectivity index (χ3n) is 2.46. The van der Waals surface area contributed by atoms with E-state index in [0.717, 1.165) is 5.46 Å². The lowest BCUT2D eigenvalue weighted by atomic mass is 9.35. The zero-order valence-corrected chi connectivity index (χ0v) is 6.60. The second kappa shape index (κ2) is 2.71. The molecule has 1 aliphatic rings. The van der Waals surface area contributed by atoms with Crippen LogP contribution in [0.4, 0.5) is 0 Å². The summed E-state index contributed by atoms with van der Waals surface area (Å²) in [5.41, 5.74) is 7.74. The second-order valence-corrected chi connectivity index (χ2v) is 3.02. The van der Waals surface area contributed by atoms with Crippen LogP contribution >= 0.6 is 0 Å². The van der Waals surface area contributed by atoms with Gasteiger partial charge in [0, 0.05) is 5.82 Å². The largest absolute Gasteiger partial charge is 0.378 e. The highest BCUT2D eigenvalue weighted by Crippen LogP contribution is 2.26. The maximum Gasteiger partial charge on any atom is 0.378 e. The number of benzene rings is 1. The van der Waals surface area contributed by atoms with E-state index in [0.29, 0.717) is 6.54 Å². The van der Waals surface area contributed by atoms with Crippen molar-refractivity contribution in [2.75, 3.05) is 6.54 Å². The lowest BCUT2D eigenvalue weighted by Gasteiger charge is -2.30. The molecule has 1 aromatic rings. The monoisotopic (exact) mass is 160 g/mol. The molecule has 1 unspecified atom stereocenters. The minimum absolute atomic E-state index is 0.152. The van der Waals surface area contributed by atoms with Crippen LogP contribution in [-0.2, 0) is 0 Å². The molecular weight excluding hydrogens is 151 g/mol. The molecule has 0 saturated carbocycles. The first-order valence-corrected chi connectivity index (χ1v) is 4.00. The van der Waals surface area contributed by atoms with E-state index in [9.17, 15) is 4.91 Å². The first kappa shape index (κ1) is 7.49. The Morgan fingerprint density at radius 1 is 1.50 bits per heavy atom. The van der Waals surface area contributed by atoms with E-state index >= 15 is 0 Å². The fourth-order valence-electron chi connectivity index (χ4n) is 1.79. The van der Waals surface area contributed by atoms with Crippen molar-refractivity contribution in [2.45, 2.75) is 5.82 Å². The number of nitrogens with two attached hydrogens (primary N) is 1. The number of rotatable bonds is 2. The minimum Gasteiger partial charge on any atom is -0.330 e. The van der Waals surface area contributed by atoms with Crippen LogP contribution in [0.3, 0.4) is 0 Å². The van der Waals surface area contributed by atoms with Gasteiger partial charge in [-0.3, -0.25) is 0 Å². The number of fused-ring (bicyclic) bond motifs is 1. The van der Waals surface area contributed by atoms with E-state index in [1.807, 2.05) is 24.3 Å². The van der Waals surface area contributed by atoms with Crippen LogP contribution in [0.2, 0.25) is 0 Å². The maximum absolute atomic E-state index is 10.4. The normalized spacial score (nSPS) is 19.8. The smallest absolute Gasteiger partial charge is 0.330 e. The molecule has 0 spiro atoms. The molecule has 1 heterocycles. The quantitative estimate of drug-likeness (QED) is 0.497. The molecule has 12 heavy (non-hydrogen) atoms. The predicted molar refractivity (Wildman–Crippen MR) is 49.4 cm³/mol. The zero-order chi connectivity index (χ0) is 8.55. The highest BCUT2D eigenvalue weighted by Gasteiger charge is 2.42. The summed E-state index contributed by atoms with van der Waals surface area (Å²) in [6.07, 6.45) is 0. The summed E-state index contributed by atoms with van der Waals surface area (Å²) in [6.45, 7) is 0.305. The predicted octanol–water partition coefficient (Wildman–Crippen LogP) is 0.247. The van der Waals surface area contributed by atoms with Crippen LogP contribution < -0.4 is 11.2 Å². The van der Waals surface area contributed by atoms with Crippen molar-refractivity contribution in [2.24, 2.45) is 10.8 Å². The molecule has 60 valence electrons. The van der Waals surface area contributed by atoms with Crippen molar-refractivity contribution in [3.63, 3.8) is 0 Å². The van der Waals surface area contributed by atoms with Crippen LogP contribution in [0, 0.1) is 4.91 Å². The Bertz CT molecular complexity index is 316. The Labute approximate surface area is 71.0 Å². The summed E-state index contributed by atoms with van der Waals surface area (Å²) in [7, 11) is 0. The van der Waals surface area contributed by atoms with Crippen molar-refractivity contribution in [1.82, 2.24) is 0 Å². The average molecular weight is 160 g/mol. The van der Waals surface area contributed by atoms with Crippen LogP contribution in [0.1, 0.15) is 11.4 Å². The summed E-state index contributed by atoms with van der Waals surface area (Å²) in [5, 5.41) is 3.06. The van der Waals surface area contributed by atoms with Gasteiger partial charge in [-0.2, -0.15) is 4.91 Å². The Morgan fingerprint density at radius 3 is 2.92 bits per heavy atom. The molecular formula is C8H9BN2O. The van der Waals surface area contributed by atoms with E-state index < -0.39 is 0 Å². The van der Waals surface area contributed by atoms with E-state index in [4.69, 9.17) is 5.73 Å². The van der Waals surface area contributed by atoms with Gasteiger partial charge in [-0.1, -0.05) is 29.8 Å². The van der Waals surface area contributed by atoms with Gasteiger partial charge in [0.2, 0.25) is 0 Å². The maximum atomic E-state index is 10.4. The SMILES string of the molecule is NCC1B(N=O)c2ccccc21. The van der Waals surface area contributed by atoms with Gasteiger partial charge in [0.15, 0.2) is 0 Å². The van der Waals surface area contributed by atoms with Gasteiger partial charge in [0.05, 0.1) is 0 Å². The highest BCUT2D eigenvalue weighted by molar-refractivity contribution is 6.78. The third kappa shape index (κ3) is 0.815. The van der Waals surface area contributed by atoms with Crippen molar-refractivity contribution in [3.8, 4) is 0 Å². The van der Waals surface area contributed by atoms with Crippen molar-refractivity contribution in [3.05, 3.63) is 34.7 Å². The van der Waals surface area contributed by atoms with E-state index in [1.54, 1.807) is 0 Å². The average Bonchev–Trinajstić information content (AvgIpc) is 2.08. The van der Waals surface area contributed by atoms with Crippen LogP contribution in [0.5, 0.6) is 0 Å². The Balaban J connectivity index is 2.40. The molecule has 0 fully saturated rings. The van der Waals surface area contributed by atoms with Gasteiger partial charge in [-0.05, 0) is 12.0 Å². The van der Waals surface area contributed by atoms with E-state index in [2.05, 4.69) is 5.09 Å². The van der Waals surface area contributed by atoms with E-state index in [-0.39, 0.29) is 12.7 Å². The minimum atomic E-state index is -0.203. The fraction of sp³-hybridized carbons (Fsp3) is 0.250. The summed E-state index contributed by atoms with van der Waals surface area (Å²) in [4.78, 5) is 10.4. The van der Waals surface area contributed by atoms with Gasteiger partial charge in [0.1, 0.15) is 0 Å². The number of nitrogens with zero attached hydrogens (tertiary/aromatic N) is 1. The molecule has 0 aromatic heterocycles. The Kier molecular flexibility index (Phi) is 1.69. The molecule has 1 aliphatic heterocycles. The fourth-order valence-corrected chi connectivity index (χ4v) is 1.79. The third-order valence-corrected chi connectivity index (χ3v) is 2.46. The molecule has 0 saturated heterocycles. The molecule has 0 radical (unpaired) electrons. The summed E-state index contributed by atoms with van der Waals surface area (Å²) < 4.78 is 0. The van der Waals surface area contributed by atoms with Crippen LogP contribution in [0.15, 0.2) is 29.4 Å². The van der Waals surface area contributed by atoms with Crippen molar-refractivity contribution >= 4 is 12.3 Å². The molecule has 0 aliphatic carbocycles. The molecule has 4 heteroatoms. The van der Waals surface area contributed by atoms with Gasteiger partial charge in [0.25, 0.3) is 0 Å². The number of hydrogen-bond donors (Lipinski definition) is 1. The first-order chi connectivity index (χ1) is 5.88. The van der Waals surface area contributed by atoms with Crippen LogP contribution in [-0.4, -0.2) is 13.4 Å². The number of nitroso groups, excluding NO2 is 1. The lowest BCUT2D eigenvalue weighted by Crippen LogP contribution is -2.51. The van der Waals surface area contributed by atoms with Gasteiger partial charge in [-0.25, -0.2) is 0 Å². The van der Waals surface area contributed by atoms with Crippen LogP contribution in [0.25, 0.3) is 0 Å². The van der Waals surface area contributed by atoms with E-state index in [1.165, 1.54) is 5.56 Å². The van der Waals surface area contributed by atoms with Gasteiger partial charge < -0.3 is 5.73 Å².